The van der Waals surface area contributed by atoms with Crippen molar-refractivity contribution in [2.75, 3.05) is 0 Å². The fourth-order valence-corrected chi connectivity index (χ4v) is 0.283. The summed E-state index contributed by atoms with van der Waals surface area (Å²) in [5, 5.41) is 0. The van der Waals surface area contributed by atoms with Gasteiger partial charge in [0, 0.05) is 5.57 Å². The van der Waals surface area contributed by atoms with Gasteiger partial charge in [-0.1, -0.05) is 5.57 Å². The minimum Gasteiger partial charge on any atom is -0.822 e. The van der Waals surface area contributed by atoms with E-state index < -0.39 is 19.6 Å². The maximum absolute atomic E-state index is 11.6. The molecule has 0 aromatic heterocycles. The lowest BCUT2D eigenvalue weighted by Gasteiger charge is -2.36. The van der Waals surface area contributed by atoms with E-state index in [0.29, 0.717) is 5.57 Å². The maximum atomic E-state index is 11.6. The van der Waals surface area contributed by atoms with Gasteiger partial charge < -0.3 is 19.2 Å². The van der Waals surface area contributed by atoms with E-state index in [0.717, 1.165) is 6.92 Å². The predicted octanol–water partition coefficient (Wildman–Crippen LogP) is 0.0804. The Kier molecular flexibility index (Phi) is 6.32. The van der Waals surface area contributed by atoms with Crippen molar-refractivity contribution in [3.05, 3.63) is 11.1 Å². The molecule has 0 N–H and O–H groups in total. The Hall–Kier alpha value is -0.360. The highest BCUT2D eigenvalue weighted by Gasteiger charge is 2.30. The molecular formula is C6H9F3O4P-3. The number of hydrogen-bond acceptors (Lipinski definition) is 4. The number of rotatable bonds is 0. The molecule has 0 radical (unpaired) electrons. The quantitative estimate of drug-likeness (QED) is 0.438. The molecule has 0 aromatic carbocycles. The first-order valence-corrected chi connectivity index (χ1v) is 4.76. The van der Waals surface area contributed by atoms with Gasteiger partial charge in [0.05, 0.1) is 0 Å². The minimum atomic E-state index is -5.39. The van der Waals surface area contributed by atoms with Gasteiger partial charge in [0.1, 0.15) is 0 Å². The molecule has 0 bridgehead atoms. The summed E-state index contributed by atoms with van der Waals surface area (Å²) in [6, 6.07) is 0. The average Bonchev–Trinajstić information content (AvgIpc) is 1.79. The molecule has 8 heteroatoms. The lowest BCUT2D eigenvalue weighted by Crippen LogP contribution is -2.24. The highest BCUT2D eigenvalue weighted by Crippen LogP contribution is 2.26. The Bertz CT molecular complexity index is 240. The fraction of sp³-hybridized carbons (Fsp3) is 0.667. The van der Waals surface area contributed by atoms with E-state index >= 15 is 0 Å². The van der Waals surface area contributed by atoms with Gasteiger partial charge in [-0.25, -0.2) is 0 Å². The van der Waals surface area contributed by atoms with Crippen molar-refractivity contribution in [1.29, 1.82) is 0 Å². The topological polar surface area (TPSA) is 86.2 Å². The SMILES string of the molecule is CC(C)=C(C)C(F)(F)F.O=P([O-])([O-])[O-]. The highest BCUT2D eigenvalue weighted by molar-refractivity contribution is 7.40. The van der Waals surface area contributed by atoms with Crippen LogP contribution in [0.1, 0.15) is 20.8 Å². The third-order valence-corrected chi connectivity index (χ3v) is 1.18. The average molecular weight is 233 g/mol. The van der Waals surface area contributed by atoms with Crippen LogP contribution in [0, 0.1) is 0 Å². The van der Waals surface area contributed by atoms with Crippen LogP contribution in [-0.2, 0) is 4.57 Å². The van der Waals surface area contributed by atoms with Gasteiger partial charge in [-0.3, -0.25) is 0 Å². The van der Waals surface area contributed by atoms with Gasteiger partial charge >= 0.3 is 6.18 Å². The fourth-order valence-electron chi connectivity index (χ4n) is 0.283. The monoisotopic (exact) mass is 233 g/mol. The van der Waals surface area contributed by atoms with Crippen LogP contribution in [-0.4, -0.2) is 6.18 Å². The van der Waals surface area contributed by atoms with Crippen molar-refractivity contribution < 1.29 is 32.4 Å². The lowest BCUT2D eigenvalue weighted by atomic mass is 10.2. The van der Waals surface area contributed by atoms with E-state index in [4.69, 9.17) is 19.2 Å². The van der Waals surface area contributed by atoms with Crippen LogP contribution in [0.3, 0.4) is 0 Å². The summed E-state index contributed by atoms with van der Waals surface area (Å²) < 4.78 is 43.5. The Morgan fingerprint density at radius 3 is 1.29 bits per heavy atom. The molecule has 0 saturated carbocycles. The molecule has 0 spiro atoms. The molecule has 0 unspecified atom stereocenters. The second kappa shape index (κ2) is 5.50. The van der Waals surface area contributed by atoms with E-state index in [1.807, 2.05) is 0 Å². The smallest absolute Gasteiger partial charge is 0.412 e. The van der Waals surface area contributed by atoms with Crippen LogP contribution in [0.2, 0.25) is 0 Å². The van der Waals surface area contributed by atoms with Gasteiger partial charge in [0.15, 0.2) is 0 Å². The van der Waals surface area contributed by atoms with Crippen LogP contribution in [0.25, 0.3) is 0 Å². The molecule has 14 heavy (non-hydrogen) atoms. The third kappa shape index (κ3) is 14.2. The van der Waals surface area contributed by atoms with Crippen molar-refractivity contribution in [2.45, 2.75) is 26.9 Å². The van der Waals surface area contributed by atoms with E-state index in [1.165, 1.54) is 13.8 Å². The third-order valence-electron chi connectivity index (χ3n) is 1.18. The van der Waals surface area contributed by atoms with Gasteiger partial charge in [-0.2, -0.15) is 21.0 Å². The number of alkyl halides is 3. The summed E-state index contributed by atoms with van der Waals surface area (Å²) in [5.41, 5.74) is -0.176. The Labute approximate surface area is 79.3 Å². The zero-order valence-electron chi connectivity index (χ0n) is 7.71. The summed E-state index contributed by atoms with van der Waals surface area (Å²) >= 11 is 0. The molecule has 0 aliphatic heterocycles. The van der Waals surface area contributed by atoms with Crippen molar-refractivity contribution in [3.63, 3.8) is 0 Å². The molecule has 86 valence electrons. The van der Waals surface area contributed by atoms with Crippen molar-refractivity contribution in [2.24, 2.45) is 0 Å². The predicted molar refractivity (Wildman–Crippen MR) is 37.7 cm³/mol. The van der Waals surface area contributed by atoms with E-state index in [2.05, 4.69) is 0 Å². The van der Waals surface area contributed by atoms with Crippen LogP contribution in [0.15, 0.2) is 11.1 Å². The van der Waals surface area contributed by atoms with Crippen LogP contribution in [0.5, 0.6) is 0 Å². The minimum absolute atomic E-state index is 0.322. The molecular weight excluding hydrogens is 224 g/mol. The molecule has 0 aromatic rings. The normalized spacial score (nSPS) is 11.5. The summed E-state index contributed by atoms with van der Waals surface area (Å²) in [7, 11) is -5.39. The van der Waals surface area contributed by atoms with E-state index in [9.17, 15) is 13.2 Å². The Balaban J connectivity index is 0. The first kappa shape index (κ1) is 16.1. The van der Waals surface area contributed by atoms with Crippen LogP contribution < -0.4 is 14.7 Å². The molecule has 0 aliphatic carbocycles. The summed E-state index contributed by atoms with van der Waals surface area (Å²) in [6.07, 6.45) is -4.14. The number of halogens is 3. The van der Waals surface area contributed by atoms with E-state index in [-0.39, 0.29) is 0 Å². The van der Waals surface area contributed by atoms with Gasteiger partial charge in [-0.05, 0) is 20.8 Å². The molecule has 0 amide bonds. The van der Waals surface area contributed by atoms with Gasteiger partial charge in [0.2, 0.25) is 0 Å². The van der Waals surface area contributed by atoms with Crippen LogP contribution in [0.4, 0.5) is 13.2 Å². The first-order valence-electron chi connectivity index (χ1n) is 3.30. The number of phosphoric acid groups is 1. The maximum Gasteiger partial charge on any atom is 0.412 e. The first-order chi connectivity index (χ1) is 5.85. The van der Waals surface area contributed by atoms with E-state index in [1.54, 1.807) is 0 Å². The summed E-state index contributed by atoms with van der Waals surface area (Å²) in [6.45, 7) is 3.97. The number of hydrogen-bond donors (Lipinski definition) is 0. The molecule has 0 heterocycles. The second-order valence-corrected chi connectivity index (χ2v) is 3.46. The molecule has 0 atom stereocenters. The summed E-state index contributed by atoms with van der Waals surface area (Å²) in [4.78, 5) is 25.6. The zero-order chi connectivity index (χ0) is 12.2. The van der Waals surface area contributed by atoms with Crippen LogP contribution >= 0.6 is 7.82 Å². The molecule has 0 aliphatic rings. The highest BCUT2D eigenvalue weighted by atomic mass is 31.2. The Morgan fingerprint density at radius 2 is 1.29 bits per heavy atom. The Morgan fingerprint density at radius 1 is 1.07 bits per heavy atom. The van der Waals surface area contributed by atoms with Crippen molar-refractivity contribution in [1.82, 2.24) is 0 Å². The van der Waals surface area contributed by atoms with Gasteiger partial charge in [0.25, 0.3) is 0 Å². The van der Waals surface area contributed by atoms with Gasteiger partial charge in [-0.15, -0.1) is 0 Å². The number of allylic oxidation sites excluding steroid dienone is 2. The lowest BCUT2D eigenvalue weighted by molar-refractivity contribution is -0.432. The standard InChI is InChI=1S/C6H9F3.H3O4P/c1-4(2)5(3)6(7,8)9;1-5(2,3)4/h1-3H3;(H3,1,2,3,4)/p-3. The van der Waals surface area contributed by atoms with Crippen molar-refractivity contribution in [3.8, 4) is 0 Å². The molecule has 0 fully saturated rings. The molecule has 4 nitrogen and oxygen atoms in total. The summed E-state index contributed by atoms with van der Waals surface area (Å²) in [5.74, 6) is 0. The second-order valence-electron chi connectivity index (χ2n) is 2.57. The molecule has 0 rings (SSSR count). The largest absolute Gasteiger partial charge is 0.822 e. The van der Waals surface area contributed by atoms with Crippen molar-refractivity contribution >= 4 is 7.82 Å². The zero-order valence-corrected chi connectivity index (χ0v) is 8.61. The molecule has 0 saturated heterocycles.